The Hall–Kier alpha value is -1.74. The van der Waals surface area contributed by atoms with Crippen molar-refractivity contribution in [1.29, 1.82) is 0 Å². The highest BCUT2D eigenvalue weighted by Crippen LogP contribution is 2.10. The van der Waals surface area contributed by atoms with Crippen LogP contribution in [-0.4, -0.2) is 5.91 Å². The molecule has 3 nitrogen and oxygen atoms in total. The predicted octanol–water partition coefficient (Wildman–Crippen LogP) is 2.86. The molecule has 4 heteroatoms. The zero-order valence-electron chi connectivity index (χ0n) is 8.44. The average Bonchev–Trinajstić information content (AvgIpc) is 2.79. The lowest BCUT2D eigenvalue weighted by Gasteiger charge is -2.03. The van der Waals surface area contributed by atoms with Gasteiger partial charge in [0, 0.05) is 11.6 Å². The van der Waals surface area contributed by atoms with Crippen molar-refractivity contribution < 1.29 is 9.21 Å². The fraction of sp³-hybridized carbons (Fsp3) is 0.0833. The van der Waals surface area contributed by atoms with Gasteiger partial charge in [-0.05, 0) is 23.8 Å². The predicted molar refractivity (Wildman–Crippen MR) is 61.3 cm³/mol. The Kier molecular flexibility index (Phi) is 3.27. The summed E-state index contributed by atoms with van der Waals surface area (Å²) >= 11 is 5.83. The Bertz CT molecular complexity index is 480. The fourth-order valence-electron chi connectivity index (χ4n) is 1.32. The van der Waals surface area contributed by atoms with Gasteiger partial charge in [0.25, 0.3) is 5.91 Å². The number of hydrogen-bond acceptors (Lipinski definition) is 2. The highest BCUT2D eigenvalue weighted by molar-refractivity contribution is 6.30. The summed E-state index contributed by atoms with van der Waals surface area (Å²) in [6.45, 7) is 0.449. The van der Waals surface area contributed by atoms with Crippen LogP contribution in [0.3, 0.4) is 0 Å². The molecule has 2 rings (SSSR count). The quantitative estimate of drug-likeness (QED) is 0.889. The molecule has 0 unspecified atom stereocenters. The number of furan rings is 1. The Labute approximate surface area is 98.0 Å². The van der Waals surface area contributed by atoms with Gasteiger partial charge in [-0.15, -0.1) is 0 Å². The molecule has 1 heterocycles. The van der Waals surface area contributed by atoms with Crippen LogP contribution in [0.4, 0.5) is 0 Å². The summed E-state index contributed by atoms with van der Waals surface area (Å²) in [7, 11) is 0. The molecule has 0 atom stereocenters. The molecule has 1 N–H and O–H groups in total. The standard InChI is InChI=1S/C12H10ClNO2/c13-11-3-1-2-9(6-11)7-14-12(15)10-4-5-16-8-10/h1-6,8H,7H2,(H,14,15). The van der Waals surface area contributed by atoms with E-state index in [0.717, 1.165) is 5.56 Å². The second-order valence-electron chi connectivity index (χ2n) is 3.32. The van der Waals surface area contributed by atoms with Crippen LogP contribution in [0.1, 0.15) is 15.9 Å². The van der Waals surface area contributed by atoms with Crippen LogP contribution in [0.15, 0.2) is 47.3 Å². The molecule has 16 heavy (non-hydrogen) atoms. The lowest BCUT2D eigenvalue weighted by molar-refractivity contribution is 0.0950. The number of hydrogen-bond donors (Lipinski definition) is 1. The van der Waals surface area contributed by atoms with E-state index in [4.69, 9.17) is 16.0 Å². The summed E-state index contributed by atoms with van der Waals surface area (Å²) in [6, 6.07) is 8.98. The number of amides is 1. The number of rotatable bonds is 3. The zero-order chi connectivity index (χ0) is 11.4. The van der Waals surface area contributed by atoms with Crippen molar-refractivity contribution in [2.45, 2.75) is 6.54 Å². The second kappa shape index (κ2) is 4.86. The van der Waals surface area contributed by atoms with E-state index < -0.39 is 0 Å². The maximum atomic E-state index is 11.6. The second-order valence-corrected chi connectivity index (χ2v) is 3.76. The summed E-state index contributed by atoms with van der Waals surface area (Å²) < 4.78 is 4.82. The third kappa shape index (κ3) is 2.64. The maximum absolute atomic E-state index is 11.6. The molecule has 1 aromatic heterocycles. The maximum Gasteiger partial charge on any atom is 0.254 e. The minimum atomic E-state index is -0.159. The molecule has 0 saturated heterocycles. The van der Waals surface area contributed by atoms with E-state index >= 15 is 0 Å². The normalized spacial score (nSPS) is 10.1. The van der Waals surface area contributed by atoms with E-state index in [0.29, 0.717) is 17.1 Å². The van der Waals surface area contributed by atoms with Crippen molar-refractivity contribution in [3.63, 3.8) is 0 Å². The van der Waals surface area contributed by atoms with Crippen molar-refractivity contribution in [2.75, 3.05) is 0 Å². The van der Waals surface area contributed by atoms with Crippen molar-refractivity contribution in [1.82, 2.24) is 5.32 Å². The molecule has 2 aromatic rings. The Balaban J connectivity index is 1.95. The van der Waals surface area contributed by atoms with Gasteiger partial charge in [-0.3, -0.25) is 4.79 Å². The summed E-state index contributed by atoms with van der Waals surface area (Å²) in [5.74, 6) is -0.159. The van der Waals surface area contributed by atoms with Crippen LogP contribution in [0, 0.1) is 0 Å². The van der Waals surface area contributed by atoms with Crippen LogP contribution in [0.25, 0.3) is 0 Å². The molecule has 0 fully saturated rings. The van der Waals surface area contributed by atoms with Gasteiger partial charge >= 0.3 is 0 Å². The number of benzene rings is 1. The van der Waals surface area contributed by atoms with E-state index in [-0.39, 0.29) is 5.91 Å². The summed E-state index contributed by atoms with van der Waals surface area (Å²) in [5, 5.41) is 3.43. The third-order valence-electron chi connectivity index (χ3n) is 2.13. The third-order valence-corrected chi connectivity index (χ3v) is 2.36. The topological polar surface area (TPSA) is 42.2 Å². The van der Waals surface area contributed by atoms with Crippen LogP contribution in [-0.2, 0) is 6.54 Å². The van der Waals surface area contributed by atoms with Gasteiger partial charge in [-0.25, -0.2) is 0 Å². The van der Waals surface area contributed by atoms with Gasteiger partial charge in [0.05, 0.1) is 11.8 Å². The number of halogens is 1. The van der Waals surface area contributed by atoms with Gasteiger partial charge in [0.1, 0.15) is 6.26 Å². The van der Waals surface area contributed by atoms with E-state index in [1.54, 1.807) is 12.1 Å². The van der Waals surface area contributed by atoms with Crippen molar-refractivity contribution >= 4 is 17.5 Å². The number of carbonyl (C=O) groups excluding carboxylic acids is 1. The first-order valence-corrected chi connectivity index (χ1v) is 5.18. The highest BCUT2D eigenvalue weighted by atomic mass is 35.5. The van der Waals surface area contributed by atoms with Crippen LogP contribution in [0.5, 0.6) is 0 Å². The largest absolute Gasteiger partial charge is 0.472 e. The summed E-state index contributed by atoms with van der Waals surface area (Å²) in [6.07, 6.45) is 2.88. The molecule has 1 aromatic carbocycles. The smallest absolute Gasteiger partial charge is 0.254 e. The number of nitrogens with one attached hydrogen (secondary N) is 1. The summed E-state index contributed by atoms with van der Waals surface area (Å²) in [4.78, 5) is 11.6. The Morgan fingerprint density at radius 2 is 2.25 bits per heavy atom. The molecule has 1 amide bonds. The zero-order valence-corrected chi connectivity index (χ0v) is 9.20. The highest BCUT2D eigenvalue weighted by Gasteiger charge is 2.05. The Morgan fingerprint density at radius 1 is 1.38 bits per heavy atom. The lowest BCUT2D eigenvalue weighted by atomic mass is 10.2. The Morgan fingerprint density at radius 3 is 2.94 bits per heavy atom. The molecular formula is C12H10ClNO2. The monoisotopic (exact) mass is 235 g/mol. The van der Waals surface area contributed by atoms with Gasteiger partial charge in [0.2, 0.25) is 0 Å². The van der Waals surface area contributed by atoms with Crippen LogP contribution >= 0.6 is 11.6 Å². The van der Waals surface area contributed by atoms with Gasteiger partial charge in [0.15, 0.2) is 0 Å². The minimum absolute atomic E-state index is 0.159. The molecule has 0 aliphatic rings. The van der Waals surface area contributed by atoms with Gasteiger partial charge in [-0.1, -0.05) is 23.7 Å². The fourth-order valence-corrected chi connectivity index (χ4v) is 1.54. The molecule has 0 spiro atoms. The van der Waals surface area contributed by atoms with E-state index in [1.165, 1.54) is 12.5 Å². The van der Waals surface area contributed by atoms with E-state index in [2.05, 4.69) is 5.32 Å². The molecular weight excluding hydrogens is 226 g/mol. The molecule has 0 saturated carbocycles. The van der Waals surface area contributed by atoms with Gasteiger partial charge < -0.3 is 9.73 Å². The molecule has 0 aliphatic heterocycles. The van der Waals surface area contributed by atoms with E-state index in [1.807, 2.05) is 18.2 Å². The van der Waals surface area contributed by atoms with Crippen LogP contribution in [0.2, 0.25) is 5.02 Å². The SMILES string of the molecule is O=C(NCc1cccc(Cl)c1)c1ccoc1. The summed E-state index contributed by atoms with van der Waals surface area (Å²) in [5.41, 5.74) is 1.48. The first-order chi connectivity index (χ1) is 7.75. The van der Waals surface area contributed by atoms with Gasteiger partial charge in [-0.2, -0.15) is 0 Å². The van der Waals surface area contributed by atoms with Crippen molar-refractivity contribution in [2.24, 2.45) is 0 Å². The van der Waals surface area contributed by atoms with Crippen LogP contribution < -0.4 is 5.32 Å². The lowest BCUT2D eigenvalue weighted by Crippen LogP contribution is -2.22. The molecule has 0 aliphatic carbocycles. The first-order valence-electron chi connectivity index (χ1n) is 4.80. The molecule has 0 radical (unpaired) electrons. The number of carbonyl (C=O) groups is 1. The minimum Gasteiger partial charge on any atom is -0.472 e. The van der Waals surface area contributed by atoms with Crippen molar-refractivity contribution in [3.8, 4) is 0 Å². The molecule has 0 bridgehead atoms. The first kappa shape index (κ1) is 10.8. The molecule has 82 valence electrons. The average molecular weight is 236 g/mol. The van der Waals surface area contributed by atoms with Crippen molar-refractivity contribution in [3.05, 3.63) is 59.0 Å². The van der Waals surface area contributed by atoms with E-state index in [9.17, 15) is 4.79 Å².